The van der Waals surface area contributed by atoms with Gasteiger partial charge >= 0.3 is 5.97 Å². The van der Waals surface area contributed by atoms with Gasteiger partial charge in [-0.3, -0.25) is 4.79 Å². The summed E-state index contributed by atoms with van der Waals surface area (Å²) in [5.74, 6) is -3.40. The molecule has 0 aliphatic heterocycles. The fourth-order valence-electron chi connectivity index (χ4n) is 4.18. The largest absolute Gasteiger partial charge is 0.463 e. The molecular weight excluding hydrogens is 471 g/mol. The zero-order valence-electron chi connectivity index (χ0n) is 17.9. The molecule has 0 aliphatic carbocycles. The van der Waals surface area contributed by atoms with Crippen molar-refractivity contribution in [2.24, 2.45) is 0 Å². The fourth-order valence-corrected chi connectivity index (χ4v) is 9.19. The zero-order chi connectivity index (χ0) is 22.3. The molecule has 0 heterocycles. The van der Waals surface area contributed by atoms with E-state index < -0.39 is 11.0 Å². The summed E-state index contributed by atoms with van der Waals surface area (Å²) in [6.07, 6.45) is 1.33. The van der Waals surface area contributed by atoms with Gasteiger partial charge in [0.15, 0.2) is 5.84 Å². The minimum absolute atomic E-state index is 0.261. The SMILES string of the molecule is CCC(CCP(=O)(Br)C(c1ccccc1)(c1ccccc1)c1ccccc1)OC(C)=O. The van der Waals surface area contributed by atoms with Crippen LogP contribution in [0, 0.1) is 0 Å². The summed E-state index contributed by atoms with van der Waals surface area (Å²) < 4.78 is 20.2. The first-order valence-corrected chi connectivity index (χ1v) is 14.5. The molecule has 2 atom stereocenters. The van der Waals surface area contributed by atoms with Gasteiger partial charge in [-0.1, -0.05) is 97.9 Å². The number of carbonyl (C=O) groups is 1. The molecule has 3 nitrogen and oxygen atoms in total. The monoisotopic (exact) mass is 498 g/mol. The predicted molar refractivity (Wildman–Crippen MR) is 131 cm³/mol. The molecule has 3 rings (SSSR count). The van der Waals surface area contributed by atoms with Gasteiger partial charge in [-0.25, -0.2) is 0 Å². The molecule has 0 bridgehead atoms. The second-order valence-electron chi connectivity index (χ2n) is 7.61. The first-order valence-electron chi connectivity index (χ1n) is 10.5. The van der Waals surface area contributed by atoms with Crippen molar-refractivity contribution in [3.63, 3.8) is 0 Å². The van der Waals surface area contributed by atoms with E-state index in [1.54, 1.807) is 0 Å². The Kier molecular flexibility index (Phi) is 7.91. The second-order valence-corrected chi connectivity index (χ2v) is 13.5. The number of hydrogen-bond donors (Lipinski definition) is 0. The third-order valence-corrected chi connectivity index (χ3v) is 10.9. The van der Waals surface area contributed by atoms with Crippen LogP contribution in [0.2, 0.25) is 0 Å². The first-order chi connectivity index (χ1) is 14.9. The number of esters is 1. The highest BCUT2D eigenvalue weighted by Gasteiger charge is 2.50. The molecule has 162 valence electrons. The average molecular weight is 499 g/mol. The van der Waals surface area contributed by atoms with E-state index in [4.69, 9.17) is 4.74 Å². The molecular formula is C26H28BrO3P. The maximum atomic E-state index is 14.7. The van der Waals surface area contributed by atoms with Crippen LogP contribution in [0.15, 0.2) is 91.0 Å². The molecule has 31 heavy (non-hydrogen) atoms. The van der Waals surface area contributed by atoms with Gasteiger partial charge in [0.05, 0.1) is 0 Å². The van der Waals surface area contributed by atoms with Gasteiger partial charge in [0, 0.05) is 13.1 Å². The fraction of sp³-hybridized carbons (Fsp3) is 0.269. The van der Waals surface area contributed by atoms with E-state index in [-0.39, 0.29) is 12.1 Å². The predicted octanol–water partition coefficient (Wildman–Crippen LogP) is 7.38. The Hall–Kier alpha value is -2.16. The highest BCUT2D eigenvalue weighted by molar-refractivity contribution is 9.40. The van der Waals surface area contributed by atoms with Crippen LogP contribution in [-0.4, -0.2) is 18.2 Å². The lowest BCUT2D eigenvalue weighted by atomic mass is 9.84. The van der Waals surface area contributed by atoms with E-state index in [0.717, 1.165) is 16.7 Å². The quantitative estimate of drug-likeness (QED) is 0.175. The van der Waals surface area contributed by atoms with Gasteiger partial charge in [0.2, 0.25) is 0 Å². The van der Waals surface area contributed by atoms with E-state index in [0.29, 0.717) is 19.0 Å². The van der Waals surface area contributed by atoms with Gasteiger partial charge in [-0.05, 0) is 45.0 Å². The van der Waals surface area contributed by atoms with Crippen LogP contribution in [0.1, 0.15) is 43.4 Å². The summed E-state index contributed by atoms with van der Waals surface area (Å²) in [5, 5.41) is -0.870. The standard InChI is InChI=1S/C26H28BrO3P/c1-3-25(30-21(2)28)19-20-31(27,29)26(22-13-7-4-8-14-22,23-15-9-5-10-16-23)24-17-11-6-12-18-24/h4-18,25H,3,19-20H2,1-2H3. The molecule has 5 heteroatoms. The first kappa shape index (κ1) is 23.5. The highest BCUT2D eigenvalue weighted by atomic mass is 79.9. The summed E-state index contributed by atoms with van der Waals surface area (Å²) >= 11 is 3.75. The summed E-state index contributed by atoms with van der Waals surface area (Å²) in [6, 6.07) is 30.0. The summed E-state index contributed by atoms with van der Waals surface area (Å²) in [4.78, 5) is 11.5. The van der Waals surface area contributed by atoms with Crippen molar-refractivity contribution in [1.82, 2.24) is 0 Å². The number of ether oxygens (including phenoxy) is 1. The lowest BCUT2D eigenvalue weighted by Crippen LogP contribution is -2.30. The smallest absolute Gasteiger partial charge is 0.302 e. The van der Waals surface area contributed by atoms with Crippen LogP contribution in [0.3, 0.4) is 0 Å². The molecule has 0 fully saturated rings. The van der Waals surface area contributed by atoms with Gasteiger partial charge in [-0.15, -0.1) is 0 Å². The van der Waals surface area contributed by atoms with Crippen LogP contribution in [0.5, 0.6) is 0 Å². The van der Waals surface area contributed by atoms with Crippen molar-refractivity contribution in [1.29, 1.82) is 0 Å². The maximum Gasteiger partial charge on any atom is 0.302 e. The third-order valence-electron chi connectivity index (χ3n) is 5.60. The zero-order valence-corrected chi connectivity index (χ0v) is 20.4. The van der Waals surface area contributed by atoms with Crippen LogP contribution >= 0.6 is 21.3 Å². The number of halogens is 1. The minimum Gasteiger partial charge on any atom is -0.463 e. The van der Waals surface area contributed by atoms with Gasteiger partial charge < -0.3 is 9.30 Å². The molecule has 0 saturated carbocycles. The molecule has 0 saturated heterocycles. The molecule has 0 aliphatic rings. The van der Waals surface area contributed by atoms with E-state index in [2.05, 4.69) is 15.5 Å². The highest BCUT2D eigenvalue weighted by Crippen LogP contribution is 2.74. The molecule has 3 aromatic carbocycles. The Labute approximate surface area is 193 Å². The van der Waals surface area contributed by atoms with Crippen LogP contribution in [-0.2, 0) is 19.3 Å². The molecule has 2 unspecified atom stereocenters. The molecule has 0 aromatic heterocycles. The van der Waals surface area contributed by atoms with E-state index in [1.807, 2.05) is 97.9 Å². The average Bonchev–Trinajstić information content (AvgIpc) is 2.79. The van der Waals surface area contributed by atoms with Crippen molar-refractivity contribution in [3.05, 3.63) is 108 Å². The number of carbonyl (C=O) groups excluding carboxylic acids is 1. The second kappa shape index (κ2) is 10.4. The topological polar surface area (TPSA) is 43.4 Å². The number of hydrogen-bond acceptors (Lipinski definition) is 3. The van der Waals surface area contributed by atoms with Crippen molar-refractivity contribution >= 4 is 27.3 Å². The lowest BCUT2D eigenvalue weighted by molar-refractivity contribution is -0.146. The minimum atomic E-state index is -3.09. The normalized spacial score (nSPS) is 14.4. The number of benzene rings is 3. The third kappa shape index (κ3) is 5.02. The van der Waals surface area contributed by atoms with E-state index >= 15 is 0 Å². The van der Waals surface area contributed by atoms with Crippen molar-refractivity contribution < 1.29 is 14.1 Å². The Morgan fingerprint density at radius 3 is 1.58 bits per heavy atom. The van der Waals surface area contributed by atoms with E-state index in [1.165, 1.54) is 6.92 Å². The molecule has 0 spiro atoms. The maximum absolute atomic E-state index is 14.7. The lowest BCUT2D eigenvalue weighted by Gasteiger charge is -2.40. The molecule has 3 aromatic rings. The van der Waals surface area contributed by atoms with Crippen molar-refractivity contribution in [2.45, 2.75) is 37.9 Å². The Balaban J connectivity index is 2.20. The summed E-state index contributed by atoms with van der Waals surface area (Å²) in [7, 11) is 0. The Morgan fingerprint density at radius 1 is 0.871 bits per heavy atom. The van der Waals surface area contributed by atoms with Crippen LogP contribution in [0.4, 0.5) is 0 Å². The van der Waals surface area contributed by atoms with Crippen molar-refractivity contribution in [3.8, 4) is 0 Å². The molecule has 0 radical (unpaired) electrons. The molecule has 0 N–H and O–H groups in total. The van der Waals surface area contributed by atoms with Gasteiger partial charge in [0.1, 0.15) is 11.3 Å². The number of rotatable bonds is 9. The van der Waals surface area contributed by atoms with Crippen LogP contribution < -0.4 is 0 Å². The van der Waals surface area contributed by atoms with Gasteiger partial charge in [-0.2, -0.15) is 0 Å². The Morgan fingerprint density at radius 2 is 1.26 bits per heavy atom. The van der Waals surface area contributed by atoms with Crippen LogP contribution in [0.25, 0.3) is 0 Å². The molecule has 0 amide bonds. The Bertz CT molecular complexity index is 926. The van der Waals surface area contributed by atoms with Gasteiger partial charge in [0.25, 0.3) is 0 Å². The summed E-state index contributed by atoms with van der Waals surface area (Å²) in [5.41, 5.74) is 2.90. The van der Waals surface area contributed by atoms with Crippen molar-refractivity contribution in [2.75, 3.05) is 6.16 Å². The summed E-state index contributed by atoms with van der Waals surface area (Å²) in [6.45, 7) is 3.39. The van der Waals surface area contributed by atoms with E-state index in [9.17, 15) is 9.36 Å².